The van der Waals surface area contributed by atoms with Crippen molar-refractivity contribution in [2.75, 3.05) is 0 Å². The number of amides is 1. The second-order valence-corrected chi connectivity index (χ2v) is 5.03. The fourth-order valence-electron chi connectivity index (χ4n) is 2.08. The molecule has 0 spiro atoms. The molecule has 0 aliphatic rings. The molecule has 1 atom stereocenters. The van der Waals surface area contributed by atoms with Gasteiger partial charge in [-0.1, -0.05) is 60.2 Å². The Morgan fingerprint density at radius 1 is 1.14 bits per heavy atom. The van der Waals surface area contributed by atoms with Crippen LogP contribution in [0.1, 0.15) is 29.2 Å². The second kappa shape index (κ2) is 7.25. The lowest BCUT2D eigenvalue weighted by molar-refractivity contribution is -0.121. The number of nitrogens with one attached hydrogen (secondary N) is 1. The van der Waals surface area contributed by atoms with Gasteiger partial charge in [0, 0.05) is 6.42 Å². The average Bonchev–Trinajstić information content (AvgIpc) is 2.53. The number of hydrogen-bond acceptors (Lipinski definition) is 2. The fourth-order valence-corrected chi connectivity index (χ4v) is 2.08. The Kier molecular flexibility index (Phi) is 5.11. The maximum absolute atomic E-state index is 12.0. The summed E-state index contributed by atoms with van der Waals surface area (Å²) in [6.07, 6.45) is 1.06. The second-order valence-electron chi connectivity index (χ2n) is 5.03. The van der Waals surface area contributed by atoms with Crippen molar-refractivity contribution in [1.82, 2.24) is 5.32 Å². The molecule has 2 aromatic rings. The molecule has 0 saturated heterocycles. The van der Waals surface area contributed by atoms with Gasteiger partial charge in [0.15, 0.2) is 0 Å². The molecular formula is C18H18N2O. The van der Waals surface area contributed by atoms with Gasteiger partial charge in [-0.15, -0.1) is 0 Å². The summed E-state index contributed by atoms with van der Waals surface area (Å²) in [5.41, 5.74) is 3.14. The molecule has 3 nitrogen and oxygen atoms in total. The van der Waals surface area contributed by atoms with Gasteiger partial charge in [-0.3, -0.25) is 4.79 Å². The summed E-state index contributed by atoms with van der Waals surface area (Å²) >= 11 is 0. The Labute approximate surface area is 125 Å². The topological polar surface area (TPSA) is 52.9 Å². The van der Waals surface area contributed by atoms with E-state index in [0.29, 0.717) is 12.8 Å². The molecule has 0 radical (unpaired) electrons. The van der Waals surface area contributed by atoms with E-state index in [1.54, 1.807) is 0 Å². The molecule has 0 heterocycles. The van der Waals surface area contributed by atoms with Crippen LogP contribution in [0, 0.1) is 18.3 Å². The first-order chi connectivity index (χ1) is 10.2. The Bertz CT molecular complexity index is 627. The van der Waals surface area contributed by atoms with Crippen molar-refractivity contribution in [2.24, 2.45) is 0 Å². The molecule has 0 saturated carbocycles. The Morgan fingerprint density at radius 3 is 2.43 bits per heavy atom. The minimum Gasteiger partial charge on any atom is -0.337 e. The quantitative estimate of drug-likeness (QED) is 0.912. The molecule has 0 aliphatic heterocycles. The zero-order valence-corrected chi connectivity index (χ0v) is 12.0. The highest BCUT2D eigenvalue weighted by Gasteiger charge is 2.13. The van der Waals surface area contributed by atoms with Gasteiger partial charge >= 0.3 is 0 Å². The van der Waals surface area contributed by atoms with Crippen LogP contribution in [-0.4, -0.2) is 5.91 Å². The summed E-state index contributed by atoms with van der Waals surface area (Å²) in [7, 11) is 0. The smallest absolute Gasteiger partial charge is 0.221 e. The van der Waals surface area contributed by atoms with E-state index in [1.807, 2.05) is 61.5 Å². The number of benzene rings is 2. The number of nitrogens with zero attached hydrogens (tertiary/aromatic N) is 1. The summed E-state index contributed by atoms with van der Waals surface area (Å²) < 4.78 is 0. The Hall–Kier alpha value is -2.60. The maximum Gasteiger partial charge on any atom is 0.221 e. The van der Waals surface area contributed by atoms with Crippen LogP contribution in [0.25, 0.3) is 0 Å². The van der Waals surface area contributed by atoms with Crippen molar-refractivity contribution in [2.45, 2.75) is 25.8 Å². The molecule has 0 aliphatic carbocycles. The molecule has 1 unspecified atom stereocenters. The predicted octanol–water partition coefficient (Wildman–Crippen LogP) is 3.31. The number of carbonyl (C=O) groups excluding carboxylic acids is 1. The van der Waals surface area contributed by atoms with Gasteiger partial charge in [0.05, 0.1) is 6.07 Å². The molecule has 0 fully saturated rings. The third kappa shape index (κ3) is 4.47. The molecule has 0 bridgehead atoms. The SMILES string of the molecule is Cc1ccc(CCC(=O)NC(C#N)c2ccccc2)cc1. The van der Waals surface area contributed by atoms with Gasteiger partial charge in [0.25, 0.3) is 0 Å². The van der Waals surface area contributed by atoms with Crippen LogP contribution in [0.4, 0.5) is 0 Å². The minimum absolute atomic E-state index is 0.106. The van der Waals surface area contributed by atoms with Crippen LogP contribution in [0.3, 0.4) is 0 Å². The van der Waals surface area contributed by atoms with E-state index < -0.39 is 6.04 Å². The third-order valence-electron chi connectivity index (χ3n) is 3.33. The van der Waals surface area contributed by atoms with E-state index in [1.165, 1.54) is 5.56 Å². The Morgan fingerprint density at radius 2 is 1.81 bits per heavy atom. The highest BCUT2D eigenvalue weighted by Crippen LogP contribution is 2.12. The maximum atomic E-state index is 12.0. The lowest BCUT2D eigenvalue weighted by atomic mass is 10.1. The zero-order valence-electron chi connectivity index (χ0n) is 12.0. The summed E-state index contributed by atoms with van der Waals surface area (Å²) in [5, 5.41) is 11.9. The number of hydrogen-bond donors (Lipinski definition) is 1. The molecule has 106 valence electrons. The average molecular weight is 278 g/mol. The molecule has 1 N–H and O–H groups in total. The summed E-state index contributed by atoms with van der Waals surface area (Å²) in [4.78, 5) is 12.0. The lowest BCUT2D eigenvalue weighted by Gasteiger charge is -2.12. The monoisotopic (exact) mass is 278 g/mol. The van der Waals surface area contributed by atoms with E-state index >= 15 is 0 Å². The van der Waals surface area contributed by atoms with Crippen molar-refractivity contribution >= 4 is 5.91 Å². The summed E-state index contributed by atoms with van der Waals surface area (Å²) in [5.74, 6) is -0.106. The largest absolute Gasteiger partial charge is 0.337 e. The van der Waals surface area contributed by atoms with Crippen molar-refractivity contribution in [3.8, 4) is 6.07 Å². The normalized spacial score (nSPS) is 11.4. The lowest BCUT2D eigenvalue weighted by Crippen LogP contribution is -2.27. The van der Waals surface area contributed by atoms with E-state index in [-0.39, 0.29) is 5.91 Å². The summed E-state index contributed by atoms with van der Waals surface area (Å²) in [6, 6.07) is 19.0. The molecular weight excluding hydrogens is 260 g/mol. The van der Waals surface area contributed by atoms with Crippen molar-refractivity contribution < 1.29 is 4.79 Å². The number of carbonyl (C=O) groups is 1. The molecule has 21 heavy (non-hydrogen) atoms. The predicted molar refractivity (Wildman–Crippen MR) is 82.4 cm³/mol. The van der Waals surface area contributed by atoms with E-state index in [0.717, 1.165) is 11.1 Å². The number of rotatable bonds is 5. The van der Waals surface area contributed by atoms with Crippen molar-refractivity contribution in [1.29, 1.82) is 5.26 Å². The van der Waals surface area contributed by atoms with Crippen molar-refractivity contribution in [3.63, 3.8) is 0 Å². The molecule has 0 aromatic heterocycles. The van der Waals surface area contributed by atoms with E-state index in [9.17, 15) is 10.1 Å². The van der Waals surface area contributed by atoms with E-state index in [4.69, 9.17) is 0 Å². The third-order valence-corrected chi connectivity index (χ3v) is 3.33. The first-order valence-corrected chi connectivity index (χ1v) is 6.98. The minimum atomic E-state index is -0.586. The van der Waals surface area contributed by atoms with Gasteiger partial charge in [-0.2, -0.15) is 5.26 Å². The van der Waals surface area contributed by atoms with Crippen LogP contribution in [0.5, 0.6) is 0 Å². The first kappa shape index (κ1) is 14.8. The Balaban J connectivity index is 1.89. The zero-order chi connectivity index (χ0) is 15.1. The highest BCUT2D eigenvalue weighted by atomic mass is 16.1. The van der Waals surface area contributed by atoms with Crippen LogP contribution in [0.15, 0.2) is 54.6 Å². The van der Waals surface area contributed by atoms with E-state index in [2.05, 4.69) is 11.4 Å². The standard InChI is InChI=1S/C18H18N2O/c1-14-7-9-15(10-8-14)11-12-18(21)20-17(13-19)16-5-3-2-4-6-16/h2-10,17H,11-12H2,1H3,(H,20,21). The van der Waals surface area contributed by atoms with Gasteiger partial charge in [-0.05, 0) is 24.5 Å². The van der Waals surface area contributed by atoms with Gasteiger partial charge in [0.1, 0.15) is 6.04 Å². The molecule has 1 amide bonds. The van der Waals surface area contributed by atoms with Gasteiger partial charge in [0.2, 0.25) is 5.91 Å². The van der Waals surface area contributed by atoms with Crippen LogP contribution < -0.4 is 5.32 Å². The molecule has 2 aromatic carbocycles. The first-order valence-electron chi connectivity index (χ1n) is 6.98. The highest BCUT2D eigenvalue weighted by molar-refractivity contribution is 5.77. The van der Waals surface area contributed by atoms with Crippen molar-refractivity contribution in [3.05, 3.63) is 71.3 Å². The van der Waals surface area contributed by atoms with Crippen LogP contribution in [0.2, 0.25) is 0 Å². The number of aryl methyl sites for hydroxylation is 2. The molecule has 2 rings (SSSR count). The van der Waals surface area contributed by atoms with Gasteiger partial charge < -0.3 is 5.32 Å². The summed E-state index contributed by atoms with van der Waals surface area (Å²) in [6.45, 7) is 2.04. The molecule has 3 heteroatoms. The fraction of sp³-hybridized carbons (Fsp3) is 0.222. The van der Waals surface area contributed by atoms with Gasteiger partial charge in [-0.25, -0.2) is 0 Å². The number of nitriles is 1. The van der Waals surface area contributed by atoms with Crippen LogP contribution >= 0.6 is 0 Å². The van der Waals surface area contributed by atoms with Crippen LogP contribution in [-0.2, 0) is 11.2 Å².